The highest BCUT2D eigenvalue weighted by atomic mass is 35.5. The standard InChI is InChI=1S/C18H25ClN4O2/c19-14-3-5-15(6-4-14)22-9-11-23(12-10-22)16(24)13-21-17(25)18(20)7-1-2-8-18/h3-6H,1-2,7-13,20H2,(H,21,25). The molecule has 2 aliphatic rings. The minimum Gasteiger partial charge on any atom is -0.368 e. The van der Waals surface area contributed by atoms with Gasteiger partial charge in [0.1, 0.15) is 0 Å². The number of hydrogen-bond donors (Lipinski definition) is 2. The molecule has 1 heterocycles. The molecule has 3 rings (SSSR count). The molecule has 1 aromatic carbocycles. The van der Waals surface area contributed by atoms with Crippen molar-refractivity contribution >= 4 is 29.1 Å². The number of nitrogens with two attached hydrogens (primary N) is 1. The molecule has 6 nitrogen and oxygen atoms in total. The second-order valence-corrected chi connectivity index (χ2v) is 7.33. The third kappa shape index (κ3) is 4.25. The third-order valence-electron chi connectivity index (χ3n) is 5.17. The zero-order valence-corrected chi connectivity index (χ0v) is 15.1. The van der Waals surface area contributed by atoms with Crippen molar-refractivity contribution in [1.29, 1.82) is 0 Å². The van der Waals surface area contributed by atoms with Crippen molar-refractivity contribution in [2.75, 3.05) is 37.6 Å². The zero-order valence-electron chi connectivity index (χ0n) is 14.3. The maximum absolute atomic E-state index is 12.3. The number of amides is 2. The van der Waals surface area contributed by atoms with Gasteiger partial charge in [-0.3, -0.25) is 9.59 Å². The van der Waals surface area contributed by atoms with Gasteiger partial charge in [-0.1, -0.05) is 24.4 Å². The lowest BCUT2D eigenvalue weighted by atomic mass is 9.98. The van der Waals surface area contributed by atoms with E-state index in [0.717, 1.165) is 31.6 Å². The van der Waals surface area contributed by atoms with Crippen LogP contribution in [-0.2, 0) is 9.59 Å². The number of nitrogens with one attached hydrogen (secondary N) is 1. The van der Waals surface area contributed by atoms with Gasteiger partial charge in [0.2, 0.25) is 11.8 Å². The summed E-state index contributed by atoms with van der Waals surface area (Å²) in [6.07, 6.45) is 3.36. The van der Waals surface area contributed by atoms with Crippen molar-refractivity contribution in [3.8, 4) is 0 Å². The van der Waals surface area contributed by atoms with Gasteiger partial charge in [0, 0.05) is 36.9 Å². The molecule has 3 N–H and O–H groups in total. The SMILES string of the molecule is NC1(C(=O)NCC(=O)N2CCN(c3ccc(Cl)cc3)CC2)CCCC1. The number of anilines is 1. The Balaban J connectivity index is 1.45. The summed E-state index contributed by atoms with van der Waals surface area (Å²) < 4.78 is 0. The van der Waals surface area contributed by atoms with E-state index in [0.29, 0.717) is 31.0 Å². The van der Waals surface area contributed by atoms with Crippen LogP contribution < -0.4 is 16.0 Å². The first-order valence-corrected chi connectivity index (χ1v) is 9.21. The number of benzene rings is 1. The van der Waals surface area contributed by atoms with Gasteiger partial charge < -0.3 is 20.9 Å². The summed E-state index contributed by atoms with van der Waals surface area (Å²) in [5.41, 5.74) is 6.43. The first-order chi connectivity index (χ1) is 12.0. The lowest BCUT2D eigenvalue weighted by Crippen LogP contribution is -2.55. The summed E-state index contributed by atoms with van der Waals surface area (Å²) >= 11 is 5.92. The molecule has 1 aliphatic carbocycles. The third-order valence-corrected chi connectivity index (χ3v) is 5.42. The summed E-state index contributed by atoms with van der Waals surface area (Å²) in [6.45, 7) is 2.85. The number of nitrogens with zero attached hydrogens (tertiary/aromatic N) is 2. The highest BCUT2D eigenvalue weighted by molar-refractivity contribution is 6.30. The van der Waals surface area contributed by atoms with E-state index in [2.05, 4.69) is 10.2 Å². The van der Waals surface area contributed by atoms with Crippen molar-refractivity contribution in [3.05, 3.63) is 29.3 Å². The van der Waals surface area contributed by atoms with Crippen molar-refractivity contribution in [2.45, 2.75) is 31.2 Å². The van der Waals surface area contributed by atoms with Crippen LogP contribution >= 0.6 is 11.6 Å². The summed E-state index contributed by atoms with van der Waals surface area (Å²) in [4.78, 5) is 28.6. The summed E-state index contributed by atoms with van der Waals surface area (Å²) in [6, 6.07) is 7.72. The largest absolute Gasteiger partial charge is 0.368 e. The molecule has 0 radical (unpaired) electrons. The molecule has 2 fully saturated rings. The van der Waals surface area contributed by atoms with Crippen LogP contribution in [0.3, 0.4) is 0 Å². The number of piperazine rings is 1. The number of rotatable bonds is 4. The van der Waals surface area contributed by atoms with Crippen molar-refractivity contribution in [3.63, 3.8) is 0 Å². The minimum atomic E-state index is -0.784. The van der Waals surface area contributed by atoms with Gasteiger partial charge in [-0.25, -0.2) is 0 Å². The van der Waals surface area contributed by atoms with Gasteiger partial charge in [0.15, 0.2) is 0 Å². The molecule has 0 atom stereocenters. The Kier molecular flexibility index (Phi) is 5.49. The molecule has 2 amide bonds. The Morgan fingerprint density at radius 1 is 1.08 bits per heavy atom. The summed E-state index contributed by atoms with van der Waals surface area (Å²) in [5, 5.41) is 3.44. The van der Waals surface area contributed by atoms with E-state index in [9.17, 15) is 9.59 Å². The molecule has 1 aromatic rings. The Morgan fingerprint density at radius 3 is 2.28 bits per heavy atom. The monoisotopic (exact) mass is 364 g/mol. The van der Waals surface area contributed by atoms with Crippen LogP contribution in [0.5, 0.6) is 0 Å². The van der Waals surface area contributed by atoms with Crippen molar-refractivity contribution in [2.24, 2.45) is 5.73 Å². The predicted octanol–water partition coefficient (Wildman–Crippen LogP) is 1.38. The van der Waals surface area contributed by atoms with Gasteiger partial charge in [0.25, 0.3) is 0 Å². The Hall–Kier alpha value is -1.79. The molecule has 1 saturated heterocycles. The van der Waals surface area contributed by atoms with Crippen LogP contribution in [0.25, 0.3) is 0 Å². The number of hydrogen-bond acceptors (Lipinski definition) is 4. The summed E-state index contributed by atoms with van der Waals surface area (Å²) in [7, 11) is 0. The Labute approximate surface area is 153 Å². The molecule has 25 heavy (non-hydrogen) atoms. The van der Waals surface area contributed by atoms with Gasteiger partial charge in [0.05, 0.1) is 12.1 Å². The van der Waals surface area contributed by atoms with Crippen LogP contribution in [0.1, 0.15) is 25.7 Å². The first kappa shape index (κ1) is 18.0. The average molecular weight is 365 g/mol. The molecule has 1 saturated carbocycles. The van der Waals surface area contributed by atoms with Crippen molar-refractivity contribution in [1.82, 2.24) is 10.2 Å². The second-order valence-electron chi connectivity index (χ2n) is 6.89. The van der Waals surface area contributed by atoms with E-state index in [4.69, 9.17) is 17.3 Å². The molecule has 1 aliphatic heterocycles. The van der Waals surface area contributed by atoms with Gasteiger partial charge in [-0.05, 0) is 37.1 Å². The van der Waals surface area contributed by atoms with Crippen LogP contribution in [0.4, 0.5) is 5.69 Å². The summed E-state index contributed by atoms with van der Waals surface area (Å²) in [5.74, 6) is -0.246. The van der Waals surface area contributed by atoms with E-state index < -0.39 is 5.54 Å². The molecule has 7 heteroatoms. The fourth-order valence-electron chi connectivity index (χ4n) is 3.54. The van der Waals surface area contributed by atoms with Crippen LogP contribution in [0, 0.1) is 0 Å². The lowest BCUT2D eigenvalue weighted by molar-refractivity contribution is -0.134. The predicted molar refractivity (Wildman–Crippen MR) is 98.6 cm³/mol. The highest BCUT2D eigenvalue weighted by Gasteiger charge is 2.37. The first-order valence-electron chi connectivity index (χ1n) is 8.83. The quantitative estimate of drug-likeness (QED) is 0.846. The van der Waals surface area contributed by atoms with E-state index in [-0.39, 0.29) is 18.4 Å². The molecule has 0 aromatic heterocycles. The fraction of sp³-hybridized carbons (Fsp3) is 0.556. The zero-order chi connectivity index (χ0) is 17.9. The molecular weight excluding hydrogens is 340 g/mol. The molecule has 136 valence electrons. The topological polar surface area (TPSA) is 78.7 Å². The second kappa shape index (κ2) is 7.62. The molecular formula is C18H25ClN4O2. The maximum Gasteiger partial charge on any atom is 0.242 e. The van der Waals surface area contributed by atoms with Crippen LogP contribution in [-0.4, -0.2) is 55.0 Å². The van der Waals surface area contributed by atoms with Gasteiger partial charge in [-0.2, -0.15) is 0 Å². The number of halogens is 1. The number of carbonyl (C=O) groups is 2. The normalized spacial score (nSPS) is 19.8. The van der Waals surface area contributed by atoms with E-state index in [1.54, 1.807) is 4.90 Å². The fourth-order valence-corrected chi connectivity index (χ4v) is 3.67. The number of carbonyl (C=O) groups excluding carboxylic acids is 2. The highest BCUT2D eigenvalue weighted by Crippen LogP contribution is 2.27. The molecule has 0 unspecified atom stereocenters. The van der Waals surface area contributed by atoms with Crippen molar-refractivity contribution < 1.29 is 9.59 Å². The van der Waals surface area contributed by atoms with Gasteiger partial charge >= 0.3 is 0 Å². The average Bonchev–Trinajstić information content (AvgIpc) is 3.08. The van der Waals surface area contributed by atoms with Crippen LogP contribution in [0.2, 0.25) is 5.02 Å². The van der Waals surface area contributed by atoms with E-state index in [1.165, 1.54) is 0 Å². The van der Waals surface area contributed by atoms with E-state index in [1.807, 2.05) is 24.3 Å². The van der Waals surface area contributed by atoms with Crippen LogP contribution in [0.15, 0.2) is 24.3 Å². The van der Waals surface area contributed by atoms with Gasteiger partial charge in [-0.15, -0.1) is 0 Å². The smallest absolute Gasteiger partial charge is 0.242 e. The lowest BCUT2D eigenvalue weighted by Gasteiger charge is -2.36. The Bertz CT molecular complexity index is 620. The molecule has 0 spiro atoms. The minimum absolute atomic E-state index is 0.0265. The Morgan fingerprint density at radius 2 is 1.68 bits per heavy atom. The van der Waals surface area contributed by atoms with E-state index >= 15 is 0 Å². The molecule has 0 bridgehead atoms. The maximum atomic E-state index is 12.3.